The number of H-pyrrole nitrogens is 1. The Morgan fingerprint density at radius 2 is 1.76 bits per heavy atom. The zero-order valence-electron chi connectivity index (χ0n) is 19.3. The molecule has 172 valence electrons. The highest BCUT2D eigenvalue weighted by Gasteiger charge is 2.17. The summed E-state index contributed by atoms with van der Waals surface area (Å²) in [6.07, 6.45) is 4.37. The zero-order valence-corrected chi connectivity index (χ0v) is 19.3. The van der Waals surface area contributed by atoms with Crippen LogP contribution in [0.1, 0.15) is 22.5 Å². The lowest BCUT2D eigenvalue weighted by Crippen LogP contribution is -2.34. The number of carbonyl (C=O) groups excluding carboxylic acids is 1. The summed E-state index contributed by atoms with van der Waals surface area (Å²) >= 11 is 0. The van der Waals surface area contributed by atoms with Crippen LogP contribution >= 0.6 is 0 Å². The van der Waals surface area contributed by atoms with E-state index in [9.17, 15) is 9.59 Å². The minimum Gasteiger partial charge on any atom is -0.361 e. The average Bonchev–Trinajstić information content (AvgIpc) is 3.36. The van der Waals surface area contributed by atoms with Gasteiger partial charge in [0.2, 0.25) is 5.91 Å². The quantitative estimate of drug-likeness (QED) is 0.394. The molecule has 1 amide bonds. The minimum atomic E-state index is -0.239. The second-order valence-electron chi connectivity index (χ2n) is 8.60. The Labute approximate surface area is 197 Å². The van der Waals surface area contributed by atoms with E-state index >= 15 is 0 Å². The number of rotatable bonds is 7. The second-order valence-corrected chi connectivity index (χ2v) is 8.60. The standard InChI is InChI=1S/C27H27N5O2/c1-18-23-15-30-32(27(34)26(23)19(2)31(18)16-20-8-4-3-5-9-20)17-25(33)28-13-12-21-14-29-24-11-7-6-10-22(21)24/h3-11,14-15,29H,12-13,16-17H2,1-2H3,(H,28,33). The largest absolute Gasteiger partial charge is 0.361 e. The fourth-order valence-electron chi connectivity index (χ4n) is 4.63. The molecule has 5 rings (SSSR count). The molecule has 0 atom stereocenters. The van der Waals surface area contributed by atoms with Crippen molar-refractivity contribution in [2.75, 3.05) is 6.54 Å². The Bertz CT molecular complexity index is 1540. The number of aryl methyl sites for hydroxylation is 2. The Morgan fingerprint density at radius 1 is 1.00 bits per heavy atom. The number of carbonyl (C=O) groups is 1. The molecule has 0 radical (unpaired) electrons. The van der Waals surface area contributed by atoms with Gasteiger partial charge in [0.05, 0.1) is 11.6 Å². The van der Waals surface area contributed by atoms with Gasteiger partial charge in [-0.1, -0.05) is 48.5 Å². The van der Waals surface area contributed by atoms with Crippen molar-refractivity contribution in [2.45, 2.75) is 33.4 Å². The smallest absolute Gasteiger partial charge is 0.276 e. The van der Waals surface area contributed by atoms with Crippen molar-refractivity contribution < 1.29 is 4.79 Å². The number of aromatic amines is 1. The number of aromatic nitrogens is 4. The van der Waals surface area contributed by atoms with Gasteiger partial charge >= 0.3 is 0 Å². The predicted molar refractivity (Wildman–Crippen MR) is 134 cm³/mol. The van der Waals surface area contributed by atoms with Crippen LogP contribution in [0.25, 0.3) is 21.7 Å². The summed E-state index contributed by atoms with van der Waals surface area (Å²) in [7, 11) is 0. The first-order valence-electron chi connectivity index (χ1n) is 11.4. The molecule has 0 aliphatic carbocycles. The number of nitrogens with one attached hydrogen (secondary N) is 2. The van der Waals surface area contributed by atoms with Crippen LogP contribution in [0.5, 0.6) is 0 Å². The van der Waals surface area contributed by atoms with Gasteiger partial charge in [0.1, 0.15) is 6.54 Å². The Balaban J connectivity index is 1.30. The summed E-state index contributed by atoms with van der Waals surface area (Å²) in [4.78, 5) is 29.0. The maximum atomic E-state index is 13.2. The number of nitrogens with zero attached hydrogens (tertiary/aromatic N) is 3. The summed E-state index contributed by atoms with van der Waals surface area (Å²) in [5.41, 5.74) is 5.04. The molecule has 0 saturated heterocycles. The summed E-state index contributed by atoms with van der Waals surface area (Å²) in [6.45, 7) is 5.02. The van der Waals surface area contributed by atoms with Crippen LogP contribution < -0.4 is 10.9 Å². The molecule has 3 aromatic heterocycles. The lowest BCUT2D eigenvalue weighted by Gasteiger charge is -2.09. The molecule has 5 aromatic rings. The van der Waals surface area contributed by atoms with Crippen molar-refractivity contribution in [3.05, 3.63) is 99.9 Å². The monoisotopic (exact) mass is 453 g/mol. The lowest BCUT2D eigenvalue weighted by molar-refractivity contribution is -0.121. The molecular formula is C27H27N5O2. The summed E-state index contributed by atoms with van der Waals surface area (Å²) in [6, 6.07) is 18.2. The van der Waals surface area contributed by atoms with Crippen molar-refractivity contribution in [1.82, 2.24) is 24.6 Å². The highest BCUT2D eigenvalue weighted by atomic mass is 16.2. The molecule has 0 bridgehead atoms. The first kappa shape index (κ1) is 21.7. The molecule has 0 aliphatic heterocycles. The third kappa shape index (κ3) is 4.01. The molecule has 0 saturated carbocycles. The van der Waals surface area contributed by atoms with E-state index in [2.05, 4.69) is 38.2 Å². The highest BCUT2D eigenvalue weighted by molar-refractivity contribution is 5.87. The van der Waals surface area contributed by atoms with Gasteiger partial charge in [-0.2, -0.15) is 5.10 Å². The van der Waals surface area contributed by atoms with Crippen molar-refractivity contribution in [3.8, 4) is 0 Å². The molecule has 7 heteroatoms. The molecule has 3 heterocycles. The van der Waals surface area contributed by atoms with Crippen LogP contribution in [0.15, 0.2) is 71.8 Å². The lowest BCUT2D eigenvalue weighted by atomic mass is 10.1. The third-order valence-corrected chi connectivity index (χ3v) is 6.47. The highest BCUT2D eigenvalue weighted by Crippen LogP contribution is 2.23. The molecule has 0 unspecified atom stereocenters. The first-order chi connectivity index (χ1) is 16.5. The summed E-state index contributed by atoms with van der Waals surface area (Å²) < 4.78 is 3.39. The molecule has 2 aromatic carbocycles. The van der Waals surface area contributed by atoms with Gasteiger partial charge in [0.25, 0.3) is 5.56 Å². The van der Waals surface area contributed by atoms with E-state index in [1.807, 2.05) is 56.4 Å². The Kier molecular flexibility index (Phi) is 5.76. The van der Waals surface area contributed by atoms with E-state index in [0.717, 1.165) is 38.8 Å². The van der Waals surface area contributed by atoms with Crippen LogP contribution in [0, 0.1) is 13.8 Å². The van der Waals surface area contributed by atoms with Gasteiger partial charge in [0.15, 0.2) is 0 Å². The van der Waals surface area contributed by atoms with E-state index in [1.54, 1.807) is 6.20 Å². The van der Waals surface area contributed by atoms with Gasteiger partial charge in [-0.3, -0.25) is 9.59 Å². The van der Waals surface area contributed by atoms with Crippen LogP contribution in [0.4, 0.5) is 0 Å². The van der Waals surface area contributed by atoms with E-state index < -0.39 is 0 Å². The Hall–Kier alpha value is -4.13. The van der Waals surface area contributed by atoms with Crippen LogP contribution in [-0.4, -0.2) is 31.8 Å². The number of para-hydroxylation sites is 1. The van der Waals surface area contributed by atoms with Crippen molar-refractivity contribution in [1.29, 1.82) is 0 Å². The minimum absolute atomic E-state index is 0.106. The maximum Gasteiger partial charge on any atom is 0.276 e. The van der Waals surface area contributed by atoms with Crippen molar-refractivity contribution in [3.63, 3.8) is 0 Å². The normalized spacial score (nSPS) is 11.4. The topological polar surface area (TPSA) is 84.7 Å². The number of amides is 1. The van der Waals surface area contributed by atoms with Crippen molar-refractivity contribution >= 4 is 27.6 Å². The Morgan fingerprint density at radius 3 is 2.59 bits per heavy atom. The molecule has 7 nitrogen and oxygen atoms in total. The molecule has 0 aliphatic rings. The third-order valence-electron chi connectivity index (χ3n) is 6.47. The fraction of sp³-hybridized carbons (Fsp3) is 0.222. The van der Waals surface area contributed by atoms with Gasteiger partial charge < -0.3 is 14.9 Å². The second kappa shape index (κ2) is 9.02. The predicted octanol–water partition coefficient (Wildman–Crippen LogP) is 3.70. The SMILES string of the molecule is Cc1c2cnn(CC(=O)NCCc3c[nH]c4ccccc34)c(=O)c2c(C)n1Cc1ccccc1. The molecule has 0 spiro atoms. The number of fused-ring (bicyclic) bond motifs is 2. The van der Waals surface area contributed by atoms with E-state index in [0.29, 0.717) is 24.9 Å². The zero-order chi connectivity index (χ0) is 23.7. The summed E-state index contributed by atoms with van der Waals surface area (Å²) in [5.74, 6) is -0.230. The van der Waals surface area contributed by atoms with Crippen LogP contribution in [0.2, 0.25) is 0 Å². The maximum absolute atomic E-state index is 13.2. The van der Waals surface area contributed by atoms with Gasteiger partial charge in [-0.15, -0.1) is 0 Å². The molecule has 34 heavy (non-hydrogen) atoms. The molecular weight excluding hydrogens is 426 g/mol. The van der Waals surface area contributed by atoms with Crippen LogP contribution in [0.3, 0.4) is 0 Å². The van der Waals surface area contributed by atoms with Crippen molar-refractivity contribution in [2.24, 2.45) is 0 Å². The number of benzene rings is 2. The first-order valence-corrected chi connectivity index (χ1v) is 11.4. The van der Waals surface area contributed by atoms with E-state index in [-0.39, 0.29) is 18.0 Å². The molecule has 2 N–H and O–H groups in total. The van der Waals surface area contributed by atoms with E-state index in [4.69, 9.17) is 0 Å². The van der Waals surface area contributed by atoms with Gasteiger partial charge in [-0.05, 0) is 37.5 Å². The van der Waals surface area contributed by atoms with Crippen LogP contribution in [-0.2, 0) is 24.3 Å². The van der Waals surface area contributed by atoms with Gasteiger partial charge in [0, 0.05) is 47.0 Å². The fourth-order valence-corrected chi connectivity index (χ4v) is 4.63. The summed E-state index contributed by atoms with van der Waals surface area (Å²) in [5, 5.41) is 9.81. The number of hydrogen-bond donors (Lipinski definition) is 2. The van der Waals surface area contributed by atoms with E-state index in [1.165, 1.54) is 4.68 Å². The van der Waals surface area contributed by atoms with Gasteiger partial charge in [-0.25, -0.2) is 4.68 Å². The number of hydrogen-bond acceptors (Lipinski definition) is 3. The average molecular weight is 454 g/mol. The molecule has 0 fully saturated rings.